The molecule has 0 atom stereocenters. The Morgan fingerprint density at radius 3 is 2.81 bits per heavy atom. The summed E-state index contributed by atoms with van der Waals surface area (Å²) >= 11 is 0. The number of aryl methyl sites for hydroxylation is 1. The molecule has 0 aliphatic carbocycles. The van der Waals surface area contributed by atoms with Gasteiger partial charge in [0.05, 0.1) is 12.7 Å². The molecule has 0 aromatic carbocycles. The van der Waals surface area contributed by atoms with E-state index < -0.39 is 0 Å². The van der Waals surface area contributed by atoms with Crippen LogP contribution in [-0.4, -0.2) is 24.3 Å². The Balaban J connectivity index is 2.45. The van der Waals surface area contributed by atoms with Crippen LogP contribution in [0.5, 0.6) is 0 Å². The van der Waals surface area contributed by atoms with Crippen molar-refractivity contribution in [2.24, 2.45) is 0 Å². The lowest BCUT2D eigenvalue weighted by molar-refractivity contribution is -0.107. The van der Waals surface area contributed by atoms with E-state index in [2.05, 4.69) is 9.72 Å². The number of carbonyl (C=O) groups excluding carboxylic acids is 2. The monoisotopic (exact) mass is 221 g/mol. The van der Waals surface area contributed by atoms with Crippen molar-refractivity contribution in [1.29, 1.82) is 0 Å². The van der Waals surface area contributed by atoms with Gasteiger partial charge < -0.3 is 9.53 Å². The number of ether oxygens (including phenoxy) is 1. The van der Waals surface area contributed by atoms with E-state index in [1.165, 1.54) is 13.3 Å². The lowest BCUT2D eigenvalue weighted by Gasteiger charge is -2.01. The van der Waals surface area contributed by atoms with E-state index in [1.807, 2.05) is 6.07 Å². The summed E-state index contributed by atoms with van der Waals surface area (Å²) in [6.45, 7) is 0. The number of esters is 1. The van der Waals surface area contributed by atoms with Gasteiger partial charge in [0.25, 0.3) is 0 Å². The van der Waals surface area contributed by atoms with Crippen LogP contribution in [0.3, 0.4) is 0 Å². The third kappa shape index (κ3) is 3.81. The molecule has 0 unspecified atom stereocenters. The molecule has 0 saturated heterocycles. The first-order valence-corrected chi connectivity index (χ1v) is 5.25. The van der Waals surface area contributed by atoms with Crippen LogP contribution in [0, 0.1) is 0 Å². The number of rotatable bonds is 6. The molecule has 86 valence electrons. The highest BCUT2D eigenvalue weighted by Gasteiger charge is 2.04. The Morgan fingerprint density at radius 1 is 1.44 bits per heavy atom. The zero-order chi connectivity index (χ0) is 11.8. The van der Waals surface area contributed by atoms with E-state index in [0.717, 1.165) is 31.2 Å². The Hall–Kier alpha value is -1.71. The van der Waals surface area contributed by atoms with Gasteiger partial charge in [0, 0.05) is 18.3 Å². The van der Waals surface area contributed by atoms with Crippen molar-refractivity contribution in [3.8, 4) is 0 Å². The number of nitrogens with zero attached hydrogens (tertiary/aromatic N) is 1. The number of aldehydes is 1. The number of aromatic nitrogens is 1. The molecule has 0 aliphatic rings. The standard InChI is InChI=1S/C12H15NO3/c1-16-12(15)10-6-7-11(13-9-10)5-3-2-4-8-14/h6-9H,2-5H2,1H3. The van der Waals surface area contributed by atoms with Gasteiger partial charge in [0.15, 0.2) is 0 Å². The van der Waals surface area contributed by atoms with Crippen molar-refractivity contribution in [2.45, 2.75) is 25.7 Å². The van der Waals surface area contributed by atoms with Gasteiger partial charge in [-0.2, -0.15) is 0 Å². The zero-order valence-corrected chi connectivity index (χ0v) is 9.31. The van der Waals surface area contributed by atoms with Crippen molar-refractivity contribution >= 4 is 12.3 Å². The third-order valence-corrected chi connectivity index (χ3v) is 2.25. The predicted octanol–water partition coefficient (Wildman–Crippen LogP) is 1.78. The lowest BCUT2D eigenvalue weighted by Crippen LogP contribution is -2.02. The Morgan fingerprint density at radius 2 is 2.25 bits per heavy atom. The lowest BCUT2D eigenvalue weighted by atomic mass is 10.1. The van der Waals surface area contributed by atoms with Crippen molar-refractivity contribution in [3.05, 3.63) is 29.6 Å². The maximum absolute atomic E-state index is 11.1. The molecule has 1 heterocycles. The van der Waals surface area contributed by atoms with Gasteiger partial charge >= 0.3 is 5.97 Å². The molecule has 1 aromatic rings. The van der Waals surface area contributed by atoms with Crippen molar-refractivity contribution < 1.29 is 14.3 Å². The molecule has 1 rings (SSSR count). The van der Waals surface area contributed by atoms with Gasteiger partial charge in [-0.15, -0.1) is 0 Å². The third-order valence-electron chi connectivity index (χ3n) is 2.25. The van der Waals surface area contributed by atoms with Crippen LogP contribution in [-0.2, 0) is 16.0 Å². The average Bonchev–Trinajstić information content (AvgIpc) is 2.34. The molecule has 1 aromatic heterocycles. The van der Waals surface area contributed by atoms with E-state index in [9.17, 15) is 9.59 Å². The van der Waals surface area contributed by atoms with Crippen LogP contribution in [0.4, 0.5) is 0 Å². The molecule has 16 heavy (non-hydrogen) atoms. The number of hydrogen-bond donors (Lipinski definition) is 0. The molecule has 0 saturated carbocycles. The first-order valence-electron chi connectivity index (χ1n) is 5.25. The summed E-state index contributed by atoms with van der Waals surface area (Å²) in [6, 6.07) is 3.51. The number of methoxy groups -OCH3 is 1. The normalized spacial score (nSPS) is 9.81. The van der Waals surface area contributed by atoms with Crippen LogP contribution in [0.1, 0.15) is 35.3 Å². The molecule has 0 fully saturated rings. The second-order valence-corrected chi connectivity index (χ2v) is 3.44. The molecular formula is C12H15NO3. The molecule has 0 amide bonds. The fraction of sp³-hybridized carbons (Fsp3) is 0.417. The summed E-state index contributed by atoms with van der Waals surface area (Å²) in [5.74, 6) is -0.375. The topological polar surface area (TPSA) is 56.3 Å². The maximum Gasteiger partial charge on any atom is 0.339 e. The molecule has 0 aliphatic heterocycles. The summed E-state index contributed by atoms with van der Waals surface area (Å²) in [4.78, 5) is 25.4. The maximum atomic E-state index is 11.1. The first-order chi connectivity index (χ1) is 7.77. The van der Waals surface area contributed by atoms with Gasteiger partial charge in [0.2, 0.25) is 0 Å². The minimum atomic E-state index is -0.375. The summed E-state index contributed by atoms with van der Waals surface area (Å²) < 4.78 is 4.57. The van der Waals surface area contributed by atoms with E-state index in [1.54, 1.807) is 6.07 Å². The molecule has 0 N–H and O–H groups in total. The highest BCUT2D eigenvalue weighted by atomic mass is 16.5. The largest absolute Gasteiger partial charge is 0.465 e. The van der Waals surface area contributed by atoms with Gasteiger partial charge in [-0.1, -0.05) is 0 Å². The predicted molar refractivity (Wildman–Crippen MR) is 59.2 cm³/mol. The van der Waals surface area contributed by atoms with E-state index in [0.29, 0.717) is 12.0 Å². The Bertz CT molecular complexity index is 346. The zero-order valence-electron chi connectivity index (χ0n) is 9.31. The number of carbonyl (C=O) groups is 2. The average molecular weight is 221 g/mol. The van der Waals surface area contributed by atoms with E-state index in [4.69, 9.17) is 0 Å². The van der Waals surface area contributed by atoms with Crippen LogP contribution >= 0.6 is 0 Å². The molecule has 4 nitrogen and oxygen atoms in total. The minimum Gasteiger partial charge on any atom is -0.465 e. The van der Waals surface area contributed by atoms with Gasteiger partial charge in [-0.25, -0.2) is 4.79 Å². The molecule has 0 spiro atoms. The molecular weight excluding hydrogens is 206 g/mol. The van der Waals surface area contributed by atoms with Crippen LogP contribution < -0.4 is 0 Å². The number of hydrogen-bond acceptors (Lipinski definition) is 4. The highest BCUT2D eigenvalue weighted by Crippen LogP contribution is 2.06. The van der Waals surface area contributed by atoms with Crippen LogP contribution in [0.2, 0.25) is 0 Å². The summed E-state index contributed by atoms with van der Waals surface area (Å²) in [5.41, 5.74) is 1.39. The van der Waals surface area contributed by atoms with Gasteiger partial charge in [-0.05, 0) is 31.4 Å². The van der Waals surface area contributed by atoms with Crippen molar-refractivity contribution in [1.82, 2.24) is 4.98 Å². The number of pyridine rings is 1. The van der Waals surface area contributed by atoms with Crippen LogP contribution in [0.15, 0.2) is 18.3 Å². The van der Waals surface area contributed by atoms with Gasteiger partial charge in [0.1, 0.15) is 6.29 Å². The highest BCUT2D eigenvalue weighted by molar-refractivity contribution is 5.88. The SMILES string of the molecule is COC(=O)c1ccc(CCCCC=O)nc1. The summed E-state index contributed by atoms with van der Waals surface area (Å²) in [5, 5.41) is 0. The fourth-order valence-corrected chi connectivity index (χ4v) is 1.34. The van der Waals surface area contributed by atoms with Crippen molar-refractivity contribution in [2.75, 3.05) is 7.11 Å². The van der Waals surface area contributed by atoms with Crippen molar-refractivity contribution in [3.63, 3.8) is 0 Å². The Kier molecular flexibility index (Phi) is 5.19. The first kappa shape index (κ1) is 12.4. The summed E-state index contributed by atoms with van der Waals surface area (Å²) in [6.07, 6.45) is 5.68. The molecule has 0 bridgehead atoms. The fourth-order valence-electron chi connectivity index (χ4n) is 1.34. The van der Waals surface area contributed by atoms with E-state index >= 15 is 0 Å². The van der Waals surface area contributed by atoms with Gasteiger partial charge in [-0.3, -0.25) is 4.98 Å². The second kappa shape index (κ2) is 6.71. The molecule has 0 radical (unpaired) electrons. The van der Waals surface area contributed by atoms with E-state index in [-0.39, 0.29) is 5.97 Å². The molecule has 4 heteroatoms. The minimum absolute atomic E-state index is 0.375. The smallest absolute Gasteiger partial charge is 0.339 e. The van der Waals surface area contributed by atoms with Crippen LogP contribution in [0.25, 0.3) is 0 Å². The summed E-state index contributed by atoms with van der Waals surface area (Å²) in [7, 11) is 1.34. The quantitative estimate of drug-likeness (QED) is 0.417. The second-order valence-electron chi connectivity index (χ2n) is 3.44. The Labute approximate surface area is 94.6 Å². The number of unbranched alkanes of at least 4 members (excludes halogenated alkanes) is 2.